The van der Waals surface area contributed by atoms with Gasteiger partial charge in [0.2, 0.25) is 0 Å². The summed E-state index contributed by atoms with van der Waals surface area (Å²) in [5.74, 6) is 0.00796. The highest BCUT2D eigenvalue weighted by Gasteiger charge is 2.09. The highest BCUT2D eigenvalue weighted by atomic mass is 32.1. The standard InChI is InChI=1S/C13H15N3O2S/c14-6-5-12-16-11(8-19-12)13(18)15-7-9-1-3-10(17)4-2-9/h1-4,8,17H,5-7,14H2,(H,15,18). The molecule has 2 rings (SSSR count). The number of nitrogens with one attached hydrogen (secondary N) is 1. The lowest BCUT2D eigenvalue weighted by molar-refractivity contribution is 0.0946. The number of benzene rings is 1. The first-order valence-electron chi connectivity index (χ1n) is 5.89. The predicted molar refractivity (Wildman–Crippen MR) is 74.1 cm³/mol. The maximum absolute atomic E-state index is 11.9. The molecular weight excluding hydrogens is 262 g/mol. The molecule has 1 heterocycles. The SMILES string of the molecule is NCCc1nc(C(=O)NCc2ccc(O)cc2)cs1. The highest BCUT2D eigenvalue weighted by molar-refractivity contribution is 7.09. The number of phenols is 1. The van der Waals surface area contributed by atoms with E-state index in [9.17, 15) is 4.79 Å². The topological polar surface area (TPSA) is 88.2 Å². The van der Waals surface area contributed by atoms with Crippen molar-refractivity contribution in [3.05, 3.63) is 45.9 Å². The minimum Gasteiger partial charge on any atom is -0.508 e. The van der Waals surface area contributed by atoms with Gasteiger partial charge in [0.05, 0.1) is 5.01 Å². The Balaban J connectivity index is 1.91. The Hall–Kier alpha value is -1.92. The van der Waals surface area contributed by atoms with Crippen molar-refractivity contribution in [2.45, 2.75) is 13.0 Å². The summed E-state index contributed by atoms with van der Waals surface area (Å²) in [6, 6.07) is 6.69. The smallest absolute Gasteiger partial charge is 0.271 e. The number of amides is 1. The van der Waals surface area contributed by atoms with E-state index in [1.807, 2.05) is 0 Å². The number of carbonyl (C=O) groups excluding carboxylic acids is 1. The third-order valence-electron chi connectivity index (χ3n) is 2.53. The van der Waals surface area contributed by atoms with Crippen LogP contribution in [0.5, 0.6) is 5.75 Å². The van der Waals surface area contributed by atoms with Crippen molar-refractivity contribution in [1.29, 1.82) is 0 Å². The molecular formula is C13H15N3O2S. The lowest BCUT2D eigenvalue weighted by Crippen LogP contribution is -2.23. The fourth-order valence-corrected chi connectivity index (χ4v) is 2.33. The summed E-state index contributed by atoms with van der Waals surface area (Å²) in [6.45, 7) is 0.935. The second-order valence-electron chi connectivity index (χ2n) is 4.01. The molecule has 100 valence electrons. The normalized spacial score (nSPS) is 10.4. The molecule has 0 aliphatic rings. The van der Waals surface area contributed by atoms with Gasteiger partial charge in [-0.05, 0) is 24.2 Å². The van der Waals surface area contributed by atoms with Crippen LogP contribution in [0.2, 0.25) is 0 Å². The van der Waals surface area contributed by atoms with Crippen LogP contribution in [0.15, 0.2) is 29.6 Å². The summed E-state index contributed by atoms with van der Waals surface area (Å²) < 4.78 is 0. The molecule has 19 heavy (non-hydrogen) atoms. The average Bonchev–Trinajstić information content (AvgIpc) is 2.87. The largest absolute Gasteiger partial charge is 0.508 e. The van der Waals surface area contributed by atoms with Crippen LogP contribution in [0.4, 0.5) is 0 Å². The van der Waals surface area contributed by atoms with E-state index in [0.29, 0.717) is 25.2 Å². The summed E-state index contributed by atoms with van der Waals surface area (Å²) in [7, 11) is 0. The van der Waals surface area contributed by atoms with Crippen molar-refractivity contribution in [3.8, 4) is 5.75 Å². The minimum absolute atomic E-state index is 0.201. The summed E-state index contributed by atoms with van der Waals surface area (Å²) in [6.07, 6.45) is 0.690. The van der Waals surface area contributed by atoms with Crippen LogP contribution in [0.3, 0.4) is 0 Å². The van der Waals surface area contributed by atoms with Gasteiger partial charge in [0.15, 0.2) is 0 Å². The van der Waals surface area contributed by atoms with E-state index in [1.165, 1.54) is 11.3 Å². The molecule has 0 spiro atoms. The van der Waals surface area contributed by atoms with Crippen LogP contribution in [0, 0.1) is 0 Å². The monoisotopic (exact) mass is 277 g/mol. The van der Waals surface area contributed by atoms with Gasteiger partial charge in [0, 0.05) is 18.3 Å². The molecule has 0 aliphatic carbocycles. The van der Waals surface area contributed by atoms with Crippen molar-refractivity contribution in [2.24, 2.45) is 5.73 Å². The van der Waals surface area contributed by atoms with Crippen molar-refractivity contribution in [1.82, 2.24) is 10.3 Å². The summed E-state index contributed by atoms with van der Waals surface area (Å²) in [5.41, 5.74) is 6.78. The fraction of sp³-hybridized carbons (Fsp3) is 0.231. The number of rotatable bonds is 5. The van der Waals surface area contributed by atoms with Gasteiger partial charge in [-0.15, -0.1) is 11.3 Å². The molecule has 6 heteroatoms. The maximum Gasteiger partial charge on any atom is 0.271 e. The van der Waals surface area contributed by atoms with Gasteiger partial charge in [-0.2, -0.15) is 0 Å². The number of nitrogens with two attached hydrogens (primary N) is 1. The Morgan fingerprint density at radius 3 is 2.79 bits per heavy atom. The molecule has 0 saturated heterocycles. The number of aromatic nitrogens is 1. The molecule has 0 bridgehead atoms. The number of phenolic OH excluding ortho intramolecular Hbond substituents is 1. The first kappa shape index (κ1) is 13.5. The average molecular weight is 277 g/mol. The number of aromatic hydroxyl groups is 1. The van der Waals surface area contributed by atoms with Crippen molar-refractivity contribution in [3.63, 3.8) is 0 Å². The number of carbonyl (C=O) groups is 1. The Bertz CT molecular complexity index is 551. The zero-order valence-electron chi connectivity index (χ0n) is 10.3. The summed E-state index contributed by atoms with van der Waals surface area (Å²) >= 11 is 1.44. The Morgan fingerprint density at radius 2 is 2.11 bits per heavy atom. The number of hydrogen-bond acceptors (Lipinski definition) is 5. The van der Waals surface area contributed by atoms with E-state index < -0.39 is 0 Å². The minimum atomic E-state index is -0.201. The van der Waals surface area contributed by atoms with E-state index >= 15 is 0 Å². The molecule has 2 aromatic rings. The predicted octanol–water partition coefficient (Wildman–Crippen LogP) is 1.28. The third-order valence-corrected chi connectivity index (χ3v) is 3.44. The van der Waals surface area contributed by atoms with E-state index in [2.05, 4.69) is 10.3 Å². The first-order valence-corrected chi connectivity index (χ1v) is 6.77. The molecule has 5 nitrogen and oxygen atoms in total. The van der Waals surface area contributed by atoms with Gasteiger partial charge in [-0.1, -0.05) is 12.1 Å². The zero-order chi connectivity index (χ0) is 13.7. The molecule has 0 aliphatic heterocycles. The Kier molecular flexibility index (Phi) is 4.48. The molecule has 1 aromatic heterocycles. The molecule has 4 N–H and O–H groups in total. The van der Waals surface area contributed by atoms with Crippen LogP contribution in [0.1, 0.15) is 21.1 Å². The van der Waals surface area contributed by atoms with Crippen LogP contribution >= 0.6 is 11.3 Å². The van der Waals surface area contributed by atoms with E-state index in [-0.39, 0.29) is 11.7 Å². The Morgan fingerprint density at radius 1 is 1.37 bits per heavy atom. The molecule has 0 fully saturated rings. The van der Waals surface area contributed by atoms with E-state index in [0.717, 1.165) is 10.6 Å². The maximum atomic E-state index is 11.9. The summed E-state index contributed by atoms with van der Waals surface area (Å²) in [4.78, 5) is 16.1. The molecule has 1 amide bonds. The quantitative estimate of drug-likeness (QED) is 0.768. The molecule has 0 saturated carbocycles. The van der Waals surface area contributed by atoms with Crippen LogP contribution in [0.25, 0.3) is 0 Å². The highest BCUT2D eigenvalue weighted by Crippen LogP contribution is 2.11. The van der Waals surface area contributed by atoms with Gasteiger partial charge in [-0.25, -0.2) is 4.98 Å². The van der Waals surface area contributed by atoms with Crippen LogP contribution in [-0.4, -0.2) is 22.5 Å². The van der Waals surface area contributed by atoms with Crippen molar-refractivity contribution >= 4 is 17.2 Å². The van der Waals surface area contributed by atoms with Gasteiger partial charge < -0.3 is 16.2 Å². The fourth-order valence-electron chi connectivity index (χ4n) is 1.54. The van der Waals surface area contributed by atoms with Gasteiger partial charge in [0.1, 0.15) is 11.4 Å². The lowest BCUT2D eigenvalue weighted by atomic mass is 10.2. The van der Waals surface area contributed by atoms with Gasteiger partial charge in [0.25, 0.3) is 5.91 Å². The zero-order valence-corrected chi connectivity index (χ0v) is 11.1. The van der Waals surface area contributed by atoms with Crippen molar-refractivity contribution < 1.29 is 9.90 Å². The summed E-state index contributed by atoms with van der Waals surface area (Å²) in [5, 5.41) is 14.5. The van der Waals surface area contributed by atoms with Crippen LogP contribution < -0.4 is 11.1 Å². The van der Waals surface area contributed by atoms with Gasteiger partial charge in [-0.3, -0.25) is 4.79 Å². The molecule has 0 atom stereocenters. The Labute approximate surface area is 115 Å². The second kappa shape index (κ2) is 6.31. The van der Waals surface area contributed by atoms with E-state index in [4.69, 9.17) is 10.8 Å². The number of nitrogens with zero attached hydrogens (tertiary/aromatic N) is 1. The van der Waals surface area contributed by atoms with Crippen LogP contribution in [-0.2, 0) is 13.0 Å². The second-order valence-corrected chi connectivity index (χ2v) is 4.96. The molecule has 0 radical (unpaired) electrons. The molecule has 0 unspecified atom stereocenters. The lowest BCUT2D eigenvalue weighted by Gasteiger charge is -2.03. The van der Waals surface area contributed by atoms with E-state index in [1.54, 1.807) is 29.6 Å². The third kappa shape index (κ3) is 3.77. The first-order chi connectivity index (χ1) is 9.19. The van der Waals surface area contributed by atoms with Gasteiger partial charge >= 0.3 is 0 Å². The van der Waals surface area contributed by atoms with Crippen molar-refractivity contribution in [2.75, 3.05) is 6.54 Å². The number of hydrogen-bond donors (Lipinski definition) is 3. The number of thiazole rings is 1. The molecule has 1 aromatic carbocycles.